The van der Waals surface area contributed by atoms with Crippen molar-refractivity contribution < 1.29 is 28.3 Å². The van der Waals surface area contributed by atoms with E-state index in [9.17, 15) is 23.6 Å². The first kappa shape index (κ1) is 21.2. The molecule has 1 N–H and O–H groups in total. The van der Waals surface area contributed by atoms with Crippen LogP contribution in [0.1, 0.15) is 51.3 Å². The molecular formula is C22H21FN2O5. The van der Waals surface area contributed by atoms with Crippen molar-refractivity contribution in [2.75, 3.05) is 12.0 Å². The molecule has 0 saturated heterocycles. The number of anilines is 1. The number of ether oxygens (including phenoxy) is 1. The molecule has 30 heavy (non-hydrogen) atoms. The molecule has 0 aromatic heterocycles. The van der Waals surface area contributed by atoms with Crippen LogP contribution in [0.4, 0.5) is 10.1 Å². The molecule has 3 amide bonds. The average Bonchev–Trinajstić information content (AvgIpc) is 3.01. The van der Waals surface area contributed by atoms with Gasteiger partial charge in [0.25, 0.3) is 17.7 Å². The van der Waals surface area contributed by atoms with Gasteiger partial charge < -0.3 is 10.1 Å². The van der Waals surface area contributed by atoms with Gasteiger partial charge in [-0.2, -0.15) is 0 Å². The van der Waals surface area contributed by atoms with E-state index in [1.165, 1.54) is 37.4 Å². The molecule has 0 radical (unpaired) electrons. The smallest absolute Gasteiger partial charge is 0.328 e. The maximum absolute atomic E-state index is 13.2. The Morgan fingerprint density at radius 2 is 1.70 bits per heavy atom. The lowest BCUT2D eigenvalue weighted by Gasteiger charge is -2.21. The molecule has 0 spiro atoms. The Bertz CT molecular complexity index is 1020. The first-order chi connectivity index (χ1) is 14.3. The number of esters is 1. The number of amides is 3. The van der Waals surface area contributed by atoms with E-state index in [4.69, 9.17) is 4.74 Å². The van der Waals surface area contributed by atoms with Crippen LogP contribution in [0.2, 0.25) is 0 Å². The molecule has 7 nitrogen and oxygen atoms in total. The second-order valence-corrected chi connectivity index (χ2v) is 7.04. The largest absolute Gasteiger partial charge is 0.467 e. The number of nitrogens with one attached hydrogen (secondary N) is 1. The van der Waals surface area contributed by atoms with E-state index in [1.54, 1.807) is 0 Å². The molecule has 2 aromatic rings. The number of methoxy groups -OCH3 is 1. The number of halogens is 1. The molecule has 1 aliphatic heterocycles. The molecule has 0 saturated carbocycles. The predicted octanol–water partition coefficient (Wildman–Crippen LogP) is 2.94. The number of carbonyl (C=O) groups is 4. The van der Waals surface area contributed by atoms with Crippen LogP contribution in [-0.4, -0.2) is 36.8 Å². The van der Waals surface area contributed by atoms with Crippen LogP contribution in [0.15, 0.2) is 42.5 Å². The molecule has 8 heteroatoms. The molecular weight excluding hydrogens is 391 g/mol. The van der Waals surface area contributed by atoms with Gasteiger partial charge >= 0.3 is 5.97 Å². The summed E-state index contributed by atoms with van der Waals surface area (Å²) in [4.78, 5) is 51.1. The van der Waals surface area contributed by atoms with E-state index in [-0.39, 0.29) is 28.3 Å². The highest BCUT2D eigenvalue weighted by Crippen LogP contribution is 2.29. The molecule has 1 aliphatic rings. The van der Waals surface area contributed by atoms with Crippen LogP contribution in [-0.2, 0) is 9.53 Å². The van der Waals surface area contributed by atoms with Crippen LogP contribution in [0, 0.1) is 11.7 Å². The van der Waals surface area contributed by atoms with Crippen molar-refractivity contribution in [2.45, 2.75) is 26.3 Å². The number of hydrogen-bond acceptors (Lipinski definition) is 5. The zero-order valence-electron chi connectivity index (χ0n) is 16.8. The minimum atomic E-state index is -0.839. The summed E-state index contributed by atoms with van der Waals surface area (Å²) in [6.07, 6.45) is 0.643. The quantitative estimate of drug-likeness (QED) is 0.582. The van der Waals surface area contributed by atoms with Crippen LogP contribution >= 0.6 is 0 Å². The number of carbonyl (C=O) groups excluding carboxylic acids is 4. The Morgan fingerprint density at radius 1 is 1.07 bits per heavy atom. The summed E-state index contributed by atoms with van der Waals surface area (Å²) in [6.45, 7) is 3.70. The summed E-state index contributed by atoms with van der Waals surface area (Å²) in [6, 6.07) is 8.26. The lowest BCUT2D eigenvalue weighted by atomic mass is 9.98. The van der Waals surface area contributed by atoms with Gasteiger partial charge in [-0.3, -0.25) is 14.4 Å². The number of imide groups is 1. The van der Waals surface area contributed by atoms with E-state index in [0.29, 0.717) is 6.42 Å². The van der Waals surface area contributed by atoms with Gasteiger partial charge in [0.1, 0.15) is 11.9 Å². The summed E-state index contributed by atoms with van der Waals surface area (Å²) in [5, 5.41) is 2.64. The minimum Gasteiger partial charge on any atom is -0.467 e. The van der Waals surface area contributed by atoms with Gasteiger partial charge in [0.05, 0.1) is 23.9 Å². The third kappa shape index (κ3) is 3.80. The summed E-state index contributed by atoms with van der Waals surface area (Å²) in [5.74, 6) is -2.94. The van der Waals surface area contributed by atoms with E-state index < -0.39 is 35.5 Å². The maximum atomic E-state index is 13.2. The molecule has 0 bridgehead atoms. The molecule has 2 atom stereocenters. The number of benzene rings is 2. The molecule has 0 aliphatic carbocycles. The van der Waals surface area contributed by atoms with Crippen molar-refractivity contribution in [3.05, 3.63) is 65.0 Å². The monoisotopic (exact) mass is 412 g/mol. The van der Waals surface area contributed by atoms with Crippen LogP contribution in [0.5, 0.6) is 0 Å². The van der Waals surface area contributed by atoms with Gasteiger partial charge in [-0.25, -0.2) is 14.1 Å². The average molecular weight is 412 g/mol. The standard InChI is InChI=1S/C22H21FN2O5/c1-4-12(2)18(22(29)30-3)24-19(26)13-5-10-16-17(11-13)21(28)25(20(16)27)15-8-6-14(23)7-9-15/h5-12,18H,4H2,1-3H3,(H,24,26)/t12-,18-/m1/s1. The fraction of sp³-hybridized carbons (Fsp3) is 0.273. The summed E-state index contributed by atoms with van der Waals surface area (Å²) in [7, 11) is 1.24. The van der Waals surface area contributed by atoms with E-state index in [2.05, 4.69) is 5.32 Å². The number of rotatable bonds is 6. The van der Waals surface area contributed by atoms with Crippen molar-refractivity contribution in [1.82, 2.24) is 5.32 Å². The second kappa shape index (κ2) is 8.44. The third-order valence-electron chi connectivity index (χ3n) is 5.19. The summed E-state index contributed by atoms with van der Waals surface area (Å²) < 4.78 is 17.9. The minimum absolute atomic E-state index is 0.0649. The van der Waals surface area contributed by atoms with Gasteiger partial charge in [0, 0.05) is 5.56 Å². The fourth-order valence-electron chi connectivity index (χ4n) is 3.23. The van der Waals surface area contributed by atoms with Crippen molar-refractivity contribution in [3.8, 4) is 0 Å². The zero-order valence-corrected chi connectivity index (χ0v) is 16.8. The number of nitrogens with zero attached hydrogens (tertiary/aromatic N) is 1. The van der Waals surface area contributed by atoms with E-state index >= 15 is 0 Å². The van der Waals surface area contributed by atoms with Crippen molar-refractivity contribution in [2.24, 2.45) is 5.92 Å². The van der Waals surface area contributed by atoms with E-state index in [0.717, 1.165) is 17.0 Å². The second-order valence-electron chi connectivity index (χ2n) is 7.04. The van der Waals surface area contributed by atoms with Crippen molar-refractivity contribution in [1.29, 1.82) is 0 Å². The number of fused-ring (bicyclic) bond motifs is 1. The lowest BCUT2D eigenvalue weighted by Crippen LogP contribution is -2.45. The Morgan fingerprint density at radius 3 is 2.30 bits per heavy atom. The lowest BCUT2D eigenvalue weighted by molar-refractivity contribution is -0.144. The molecule has 0 unspecified atom stereocenters. The SMILES string of the molecule is CC[C@@H](C)[C@@H](NC(=O)c1ccc2c(c1)C(=O)N(c1ccc(F)cc1)C2=O)C(=O)OC. The maximum Gasteiger partial charge on any atom is 0.328 e. The molecule has 0 fully saturated rings. The van der Waals surface area contributed by atoms with E-state index in [1.807, 2.05) is 13.8 Å². The molecule has 1 heterocycles. The van der Waals surface area contributed by atoms with Gasteiger partial charge in [-0.05, 0) is 48.4 Å². The molecule has 156 valence electrons. The highest BCUT2D eigenvalue weighted by molar-refractivity contribution is 6.34. The normalized spacial score (nSPS) is 14.9. The first-order valence-electron chi connectivity index (χ1n) is 9.45. The highest BCUT2D eigenvalue weighted by atomic mass is 19.1. The Kier molecular flexibility index (Phi) is 5.96. The zero-order chi connectivity index (χ0) is 22.0. The van der Waals surface area contributed by atoms with Crippen molar-refractivity contribution in [3.63, 3.8) is 0 Å². The highest BCUT2D eigenvalue weighted by Gasteiger charge is 2.37. The van der Waals surface area contributed by atoms with Gasteiger partial charge in [0.15, 0.2) is 0 Å². The van der Waals surface area contributed by atoms with Crippen LogP contribution in [0.3, 0.4) is 0 Å². The summed E-state index contributed by atoms with van der Waals surface area (Å²) >= 11 is 0. The van der Waals surface area contributed by atoms with Crippen LogP contribution in [0.25, 0.3) is 0 Å². The molecule has 3 rings (SSSR count). The molecule has 2 aromatic carbocycles. The Balaban J connectivity index is 1.88. The Labute approximate surface area is 172 Å². The Hall–Kier alpha value is -3.55. The summed E-state index contributed by atoms with van der Waals surface area (Å²) in [5.41, 5.74) is 0.576. The fourth-order valence-corrected chi connectivity index (χ4v) is 3.23. The van der Waals surface area contributed by atoms with Gasteiger partial charge in [-0.1, -0.05) is 20.3 Å². The van der Waals surface area contributed by atoms with Crippen LogP contribution < -0.4 is 10.2 Å². The van der Waals surface area contributed by atoms with Gasteiger partial charge in [0.2, 0.25) is 0 Å². The third-order valence-corrected chi connectivity index (χ3v) is 5.19. The predicted molar refractivity (Wildman–Crippen MR) is 107 cm³/mol. The van der Waals surface area contributed by atoms with Crippen molar-refractivity contribution >= 4 is 29.4 Å². The number of hydrogen-bond donors (Lipinski definition) is 1. The topological polar surface area (TPSA) is 92.8 Å². The van der Waals surface area contributed by atoms with Gasteiger partial charge in [-0.15, -0.1) is 0 Å². The first-order valence-corrected chi connectivity index (χ1v) is 9.45.